The summed E-state index contributed by atoms with van der Waals surface area (Å²) in [5.41, 5.74) is 3.03. The summed E-state index contributed by atoms with van der Waals surface area (Å²) in [6.45, 7) is 2.16. The zero-order valence-corrected chi connectivity index (χ0v) is 13.3. The van der Waals surface area contributed by atoms with Gasteiger partial charge in [-0.2, -0.15) is 0 Å². The molecule has 0 atom stereocenters. The van der Waals surface area contributed by atoms with Crippen LogP contribution in [-0.4, -0.2) is 15.2 Å². The molecule has 2 N–H and O–H groups in total. The highest BCUT2D eigenvalue weighted by atomic mass is 16.3. The molecule has 2 aromatic carbocycles. The van der Waals surface area contributed by atoms with E-state index in [1.54, 1.807) is 18.3 Å². The third-order valence-electron chi connectivity index (χ3n) is 4.10. The first-order chi connectivity index (χ1) is 11.2. The Balaban J connectivity index is 1.97. The molecule has 0 saturated heterocycles. The van der Waals surface area contributed by atoms with Crippen molar-refractivity contribution in [3.63, 3.8) is 0 Å². The van der Waals surface area contributed by atoms with E-state index in [2.05, 4.69) is 11.9 Å². The van der Waals surface area contributed by atoms with E-state index in [9.17, 15) is 10.2 Å². The molecule has 0 bridgehead atoms. The van der Waals surface area contributed by atoms with E-state index in [0.29, 0.717) is 5.56 Å². The summed E-state index contributed by atoms with van der Waals surface area (Å²) in [7, 11) is 0. The van der Waals surface area contributed by atoms with E-state index < -0.39 is 0 Å². The molecule has 3 heteroatoms. The van der Waals surface area contributed by atoms with Gasteiger partial charge in [-0.05, 0) is 42.7 Å². The van der Waals surface area contributed by atoms with Crippen molar-refractivity contribution in [1.82, 2.24) is 4.98 Å². The number of para-hydroxylation sites is 1. The van der Waals surface area contributed by atoms with Crippen LogP contribution >= 0.6 is 0 Å². The number of unbranched alkanes of at least 4 members (excludes halogenated alkanes) is 2. The van der Waals surface area contributed by atoms with Gasteiger partial charge in [0, 0.05) is 17.1 Å². The Morgan fingerprint density at radius 3 is 2.43 bits per heavy atom. The molecule has 3 nitrogen and oxygen atoms in total. The van der Waals surface area contributed by atoms with E-state index in [1.807, 2.05) is 30.3 Å². The zero-order chi connectivity index (χ0) is 16.2. The summed E-state index contributed by atoms with van der Waals surface area (Å²) in [4.78, 5) is 4.40. The molecular weight excluding hydrogens is 286 g/mol. The topological polar surface area (TPSA) is 53.4 Å². The number of rotatable bonds is 5. The average molecular weight is 307 g/mol. The van der Waals surface area contributed by atoms with Crippen LogP contribution in [0.15, 0.2) is 48.7 Å². The Morgan fingerprint density at radius 2 is 1.70 bits per heavy atom. The third-order valence-corrected chi connectivity index (χ3v) is 4.10. The van der Waals surface area contributed by atoms with Crippen LogP contribution in [-0.2, 0) is 6.42 Å². The molecule has 0 fully saturated rings. The average Bonchev–Trinajstić information content (AvgIpc) is 2.54. The van der Waals surface area contributed by atoms with Crippen LogP contribution in [0.1, 0.15) is 31.7 Å². The summed E-state index contributed by atoms with van der Waals surface area (Å²) in [5, 5.41) is 21.7. The number of nitrogens with zero attached hydrogens (tertiary/aromatic N) is 1. The van der Waals surface area contributed by atoms with Gasteiger partial charge >= 0.3 is 0 Å². The first-order valence-electron chi connectivity index (χ1n) is 8.09. The molecule has 23 heavy (non-hydrogen) atoms. The van der Waals surface area contributed by atoms with Crippen molar-refractivity contribution in [2.75, 3.05) is 0 Å². The fraction of sp³-hybridized carbons (Fsp3) is 0.250. The maximum atomic E-state index is 10.4. The van der Waals surface area contributed by atoms with Crippen molar-refractivity contribution in [1.29, 1.82) is 0 Å². The van der Waals surface area contributed by atoms with Crippen molar-refractivity contribution >= 4 is 10.9 Å². The van der Waals surface area contributed by atoms with E-state index in [4.69, 9.17) is 0 Å². The minimum atomic E-state index is 0.105. The standard InChI is InChI=1S/C20H21NO2/c1-2-3-4-7-14-10-18(22)20(19(23)11-14)16-12-15-8-5-6-9-17(15)21-13-16/h5-6,8-13,22-23H,2-4,7H2,1H3. The van der Waals surface area contributed by atoms with Crippen LogP contribution in [0.3, 0.4) is 0 Å². The predicted octanol–water partition coefficient (Wildman–Crippen LogP) is 5.05. The molecule has 0 unspecified atom stereocenters. The minimum absolute atomic E-state index is 0.105. The van der Waals surface area contributed by atoms with Crippen LogP contribution in [0.25, 0.3) is 22.0 Å². The van der Waals surface area contributed by atoms with Gasteiger partial charge in [0.15, 0.2) is 0 Å². The Labute approximate surface area is 136 Å². The molecule has 0 aliphatic rings. The number of aromatic nitrogens is 1. The van der Waals surface area contributed by atoms with Crippen molar-refractivity contribution in [2.45, 2.75) is 32.6 Å². The number of hydrogen-bond donors (Lipinski definition) is 2. The van der Waals surface area contributed by atoms with E-state index in [-0.39, 0.29) is 11.5 Å². The summed E-state index contributed by atoms with van der Waals surface area (Å²) in [6, 6.07) is 13.2. The van der Waals surface area contributed by atoms with Crippen LogP contribution in [0.5, 0.6) is 11.5 Å². The quantitative estimate of drug-likeness (QED) is 0.649. The summed E-state index contributed by atoms with van der Waals surface area (Å²) in [5.74, 6) is 0.210. The molecule has 0 amide bonds. The Kier molecular flexibility index (Phi) is 4.47. The molecule has 0 radical (unpaired) electrons. The first-order valence-corrected chi connectivity index (χ1v) is 8.09. The lowest BCUT2D eigenvalue weighted by molar-refractivity contribution is 0.452. The number of fused-ring (bicyclic) bond motifs is 1. The predicted molar refractivity (Wildman–Crippen MR) is 93.7 cm³/mol. The molecular formula is C20H21NO2. The molecule has 0 saturated carbocycles. The Bertz CT molecular complexity index is 804. The zero-order valence-electron chi connectivity index (χ0n) is 13.3. The normalized spacial score (nSPS) is 11.0. The molecule has 0 aliphatic heterocycles. The van der Waals surface area contributed by atoms with Crippen molar-refractivity contribution in [3.05, 3.63) is 54.2 Å². The highest BCUT2D eigenvalue weighted by Crippen LogP contribution is 2.39. The molecule has 0 spiro atoms. The number of aromatic hydroxyl groups is 2. The number of aryl methyl sites for hydroxylation is 1. The van der Waals surface area contributed by atoms with Gasteiger partial charge in [-0.15, -0.1) is 0 Å². The monoisotopic (exact) mass is 307 g/mol. The number of hydrogen-bond acceptors (Lipinski definition) is 3. The fourth-order valence-corrected chi connectivity index (χ4v) is 2.90. The number of pyridine rings is 1. The van der Waals surface area contributed by atoms with Gasteiger partial charge in [-0.3, -0.25) is 4.98 Å². The maximum absolute atomic E-state index is 10.4. The maximum Gasteiger partial charge on any atom is 0.127 e. The van der Waals surface area contributed by atoms with Gasteiger partial charge in [0.25, 0.3) is 0 Å². The second-order valence-corrected chi connectivity index (χ2v) is 5.88. The second kappa shape index (κ2) is 6.69. The summed E-state index contributed by atoms with van der Waals surface area (Å²) < 4.78 is 0. The van der Waals surface area contributed by atoms with Gasteiger partial charge in [0.2, 0.25) is 0 Å². The first kappa shape index (κ1) is 15.3. The number of phenolic OH excluding ortho intramolecular Hbond substituents is 2. The molecule has 3 rings (SSSR count). The van der Waals surface area contributed by atoms with Crippen molar-refractivity contribution in [3.8, 4) is 22.6 Å². The number of phenols is 2. The lowest BCUT2D eigenvalue weighted by Crippen LogP contribution is -1.89. The Morgan fingerprint density at radius 1 is 0.957 bits per heavy atom. The molecule has 1 heterocycles. The van der Waals surface area contributed by atoms with Crippen LogP contribution in [0.2, 0.25) is 0 Å². The highest BCUT2D eigenvalue weighted by Gasteiger charge is 2.13. The lowest BCUT2D eigenvalue weighted by atomic mass is 9.99. The largest absolute Gasteiger partial charge is 0.507 e. The SMILES string of the molecule is CCCCCc1cc(O)c(-c2cnc3ccccc3c2)c(O)c1. The van der Waals surface area contributed by atoms with E-state index >= 15 is 0 Å². The third kappa shape index (κ3) is 3.29. The number of benzene rings is 2. The molecule has 0 aliphatic carbocycles. The van der Waals surface area contributed by atoms with Gasteiger partial charge < -0.3 is 10.2 Å². The van der Waals surface area contributed by atoms with Crippen molar-refractivity contribution in [2.24, 2.45) is 0 Å². The fourth-order valence-electron chi connectivity index (χ4n) is 2.90. The summed E-state index contributed by atoms with van der Waals surface area (Å²) in [6.07, 6.45) is 5.92. The summed E-state index contributed by atoms with van der Waals surface area (Å²) >= 11 is 0. The molecule has 118 valence electrons. The van der Waals surface area contributed by atoms with Crippen molar-refractivity contribution < 1.29 is 10.2 Å². The smallest absolute Gasteiger partial charge is 0.127 e. The van der Waals surface area contributed by atoms with Gasteiger partial charge in [-0.25, -0.2) is 0 Å². The van der Waals surface area contributed by atoms with Crippen LogP contribution in [0.4, 0.5) is 0 Å². The second-order valence-electron chi connectivity index (χ2n) is 5.88. The van der Waals surface area contributed by atoms with Gasteiger partial charge in [0.1, 0.15) is 11.5 Å². The van der Waals surface area contributed by atoms with Gasteiger partial charge in [-0.1, -0.05) is 38.0 Å². The highest BCUT2D eigenvalue weighted by molar-refractivity contribution is 5.86. The van der Waals surface area contributed by atoms with Crippen LogP contribution < -0.4 is 0 Å². The Hall–Kier alpha value is -2.55. The molecule has 3 aromatic rings. The minimum Gasteiger partial charge on any atom is -0.507 e. The van der Waals surface area contributed by atoms with Gasteiger partial charge in [0.05, 0.1) is 11.1 Å². The van der Waals surface area contributed by atoms with E-state index in [0.717, 1.165) is 47.7 Å². The lowest BCUT2D eigenvalue weighted by Gasteiger charge is -2.11. The molecule has 1 aromatic heterocycles. The van der Waals surface area contributed by atoms with Crippen LogP contribution in [0, 0.1) is 0 Å². The van der Waals surface area contributed by atoms with E-state index in [1.165, 1.54) is 0 Å².